The number of rotatable bonds is 12. The standard InChI is InChI=1S/C78H82B2N2O2/c1-15-47(5)51-23-35-61(36-24-51)81-67-39-27-55(49(7)17-3)43-63(67)79-65-45-57(53-19-31-59(32-20-53)77(9,10)11)30-42-70(65)84-76-71(79)73(81)75-72-74(76)82(62-37-25-52(26-38-62)48(6)16-2)68-40-28-56(50(8)18-4)44-64(68)80(72)66-46-58(29-41-69(66)83-75)54-21-33-60(34-22-54)78(12,13)14/h19-50H,15-18H2,1-14H3. The highest BCUT2D eigenvalue weighted by atomic mass is 16.5. The minimum absolute atomic E-state index is 0.0458. The lowest BCUT2D eigenvalue weighted by Crippen LogP contribution is -2.64. The highest BCUT2D eigenvalue weighted by Gasteiger charge is 2.52. The van der Waals surface area contributed by atoms with Crippen molar-refractivity contribution in [2.45, 2.75) is 157 Å². The Hall–Kier alpha value is -7.69. The summed E-state index contributed by atoms with van der Waals surface area (Å²) in [5.74, 6) is 5.14. The molecule has 0 aromatic heterocycles. The number of benzene rings is 9. The monoisotopic (exact) mass is 1100 g/mol. The molecule has 6 heteroatoms. The number of fused-ring (bicyclic) bond motifs is 10. The molecule has 4 nitrogen and oxygen atoms in total. The first-order valence-electron chi connectivity index (χ1n) is 31.6. The second-order valence-electron chi connectivity index (χ2n) is 27.1. The van der Waals surface area contributed by atoms with Crippen LogP contribution in [0.1, 0.15) is 180 Å². The Kier molecular flexibility index (Phi) is 14.0. The Balaban J connectivity index is 1.15. The second kappa shape index (κ2) is 21.1. The van der Waals surface area contributed by atoms with Gasteiger partial charge < -0.3 is 19.3 Å². The first-order chi connectivity index (χ1) is 40.4. The maximum Gasteiger partial charge on any atom is 0.256 e. The zero-order valence-corrected chi connectivity index (χ0v) is 52.2. The van der Waals surface area contributed by atoms with Gasteiger partial charge in [-0.25, -0.2) is 0 Å². The largest absolute Gasteiger partial charge is 0.456 e. The summed E-state index contributed by atoms with van der Waals surface area (Å²) < 4.78 is 15.9. The number of anilines is 6. The molecule has 9 aromatic carbocycles. The molecular weight excluding hydrogens is 1020 g/mol. The average molecular weight is 1100 g/mol. The fourth-order valence-corrected chi connectivity index (χ4v) is 13.7. The van der Waals surface area contributed by atoms with Crippen LogP contribution >= 0.6 is 0 Å². The van der Waals surface area contributed by atoms with Crippen LogP contribution in [-0.4, -0.2) is 13.4 Å². The summed E-state index contributed by atoms with van der Waals surface area (Å²) in [7, 11) is 0. The molecule has 9 aromatic rings. The van der Waals surface area contributed by atoms with E-state index in [0.717, 1.165) is 93.3 Å². The van der Waals surface area contributed by atoms with Crippen molar-refractivity contribution in [2.75, 3.05) is 9.80 Å². The fraction of sp³-hybridized carbons (Fsp3) is 0.308. The first kappa shape index (κ1) is 55.5. The minimum Gasteiger partial charge on any atom is -0.456 e. The molecule has 0 aliphatic carbocycles. The number of ether oxygens (including phenoxy) is 2. The molecule has 13 rings (SSSR count). The van der Waals surface area contributed by atoms with E-state index in [4.69, 9.17) is 9.47 Å². The zero-order chi connectivity index (χ0) is 58.7. The van der Waals surface area contributed by atoms with Gasteiger partial charge in [0.15, 0.2) is 0 Å². The molecule has 4 aliphatic rings. The van der Waals surface area contributed by atoms with Crippen LogP contribution in [0.25, 0.3) is 22.3 Å². The molecule has 0 bridgehead atoms. The summed E-state index contributed by atoms with van der Waals surface area (Å²) >= 11 is 0. The van der Waals surface area contributed by atoms with E-state index in [-0.39, 0.29) is 24.3 Å². The molecule has 4 unspecified atom stereocenters. The molecule has 0 saturated heterocycles. The van der Waals surface area contributed by atoms with Crippen LogP contribution in [0.2, 0.25) is 0 Å². The van der Waals surface area contributed by atoms with Crippen molar-refractivity contribution in [3.8, 4) is 45.3 Å². The predicted molar refractivity (Wildman–Crippen MR) is 361 cm³/mol. The van der Waals surface area contributed by atoms with E-state index in [1.807, 2.05) is 0 Å². The number of hydrogen-bond donors (Lipinski definition) is 0. The Bertz CT molecular complexity index is 3740. The van der Waals surface area contributed by atoms with Crippen molar-refractivity contribution in [3.05, 3.63) is 203 Å². The van der Waals surface area contributed by atoms with Gasteiger partial charge in [0.2, 0.25) is 0 Å². The van der Waals surface area contributed by atoms with Gasteiger partial charge in [0.1, 0.15) is 23.0 Å². The van der Waals surface area contributed by atoms with Crippen molar-refractivity contribution < 1.29 is 9.47 Å². The van der Waals surface area contributed by atoms with Gasteiger partial charge in [0.05, 0.1) is 11.4 Å². The van der Waals surface area contributed by atoms with Crippen LogP contribution in [0, 0.1) is 0 Å². The van der Waals surface area contributed by atoms with E-state index >= 15 is 0 Å². The van der Waals surface area contributed by atoms with Gasteiger partial charge >= 0.3 is 0 Å². The molecule has 422 valence electrons. The summed E-state index contributed by atoms with van der Waals surface area (Å²) in [6, 6.07) is 65.9. The third-order valence-corrected chi connectivity index (χ3v) is 19.9. The molecule has 0 N–H and O–H groups in total. The molecule has 4 atom stereocenters. The van der Waals surface area contributed by atoms with Crippen LogP contribution in [0.15, 0.2) is 170 Å². The Labute approximate surface area is 502 Å². The molecule has 4 aliphatic heterocycles. The Morgan fingerprint density at radius 3 is 1.01 bits per heavy atom. The molecule has 0 spiro atoms. The van der Waals surface area contributed by atoms with Crippen LogP contribution in [0.4, 0.5) is 34.1 Å². The van der Waals surface area contributed by atoms with E-state index in [0.29, 0.717) is 23.7 Å². The summed E-state index contributed by atoms with van der Waals surface area (Å²) in [6.07, 6.45) is 4.23. The van der Waals surface area contributed by atoms with Crippen molar-refractivity contribution in [1.82, 2.24) is 0 Å². The van der Waals surface area contributed by atoms with Crippen molar-refractivity contribution in [3.63, 3.8) is 0 Å². The smallest absolute Gasteiger partial charge is 0.256 e. The quantitative estimate of drug-likeness (QED) is 0.114. The highest BCUT2D eigenvalue weighted by molar-refractivity contribution is 7.02. The molecular formula is C78H82B2N2O2. The van der Waals surface area contributed by atoms with Crippen LogP contribution < -0.4 is 52.1 Å². The summed E-state index contributed by atoms with van der Waals surface area (Å²) in [6.45, 7) is 32.0. The van der Waals surface area contributed by atoms with Gasteiger partial charge in [-0.15, -0.1) is 0 Å². The SMILES string of the molecule is CCC(C)c1ccc(N2c3ccc(C(C)CC)cc3B3c4cc(-c5ccc(C(C)(C)C)cc5)ccc4Oc4c3c2c2c3c4N(c4ccc(C(C)CC)cc4)c4ccc(C(C)CC)cc4B3c3cc(-c4ccc(C(C)(C)C)cc4)ccc3O2)cc1. The van der Waals surface area contributed by atoms with Crippen LogP contribution in [0.3, 0.4) is 0 Å². The topological polar surface area (TPSA) is 24.9 Å². The van der Waals surface area contributed by atoms with E-state index in [1.54, 1.807) is 0 Å². The van der Waals surface area contributed by atoms with Crippen molar-refractivity contribution in [1.29, 1.82) is 0 Å². The Morgan fingerprint density at radius 2 is 0.679 bits per heavy atom. The van der Waals surface area contributed by atoms with Gasteiger partial charge in [0.25, 0.3) is 13.4 Å². The number of hydrogen-bond acceptors (Lipinski definition) is 4. The average Bonchev–Trinajstić information content (AvgIpc) is 0.817. The number of nitrogens with zero attached hydrogens (tertiary/aromatic N) is 2. The Morgan fingerprint density at radius 1 is 0.357 bits per heavy atom. The molecule has 0 fully saturated rings. The summed E-state index contributed by atoms with van der Waals surface area (Å²) in [5, 5.41) is 0. The van der Waals surface area contributed by atoms with E-state index in [2.05, 4.69) is 277 Å². The lowest BCUT2D eigenvalue weighted by Gasteiger charge is -2.47. The lowest BCUT2D eigenvalue weighted by atomic mass is 9.31. The lowest BCUT2D eigenvalue weighted by molar-refractivity contribution is 0.477. The zero-order valence-electron chi connectivity index (χ0n) is 52.2. The second-order valence-corrected chi connectivity index (χ2v) is 27.1. The maximum absolute atomic E-state index is 7.93. The minimum atomic E-state index is -0.200. The van der Waals surface area contributed by atoms with Crippen LogP contribution in [-0.2, 0) is 10.8 Å². The third-order valence-electron chi connectivity index (χ3n) is 19.9. The third kappa shape index (κ3) is 9.20. The van der Waals surface area contributed by atoms with Gasteiger partial charge in [0, 0.05) is 33.7 Å². The summed E-state index contributed by atoms with van der Waals surface area (Å²) in [4.78, 5) is 5.10. The van der Waals surface area contributed by atoms with Crippen LogP contribution in [0.5, 0.6) is 23.0 Å². The molecule has 0 amide bonds. The van der Waals surface area contributed by atoms with Gasteiger partial charge in [-0.1, -0.05) is 218 Å². The first-order valence-corrected chi connectivity index (χ1v) is 31.6. The normalized spacial score (nSPS) is 15.1. The molecule has 0 radical (unpaired) electrons. The van der Waals surface area contributed by atoms with Gasteiger partial charge in [-0.3, -0.25) is 0 Å². The highest BCUT2D eigenvalue weighted by Crippen LogP contribution is 2.54. The van der Waals surface area contributed by atoms with E-state index < -0.39 is 0 Å². The maximum atomic E-state index is 7.93. The van der Waals surface area contributed by atoms with Crippen molar-refractivity contribution in [2.24, 2.45) is 0 Å². The van der Waals surface area contributed by atoms with Gasteiger partial charge in [-0.05, 0) is 186 Å². The van der Waals surface area contributed by atoms with Gasteiger partial charge in [-0.2, -0.15) is 0 Å². The molecule has 4 heterocycles. The van der Waals surface area contributed by atoms with E-state index in [9.17, 15) is 0 Å². The molecule has 84 heavy (non-hydrogen) atoms. The summed E-state index contributed by atoms with van der Waals surface area (Å²) in [5.41, 5.74) is 26.6. The predicted octanol–water partition coefficient (Wildman–Crippen LogP) is 18.5. The van der Waals surface area contributed by atoms with E-state index in [1.165, 1.54) is 77.9 Å². The molecule has 0 saturated carbocycles. The fourth-order valence-electron chi connectivity index (χ4n) is 13.7. The van der Waals surface area contributed by atoms with Crippen molar-refractivity contribution >= 4 is 80.3 Å².